The third-order valence-electron chi connectivity index (χ3n) is 1.69. The van der Waals surface area contributed by atoms with Gasteiger partial charge in [0.2, 0.25) is 0 Å². The van der Waals surface area contributed by atoms with E-state index in [1.54, 1.807) is 11.3 Å². The summed E-state index contributed by atoms with van der Waals surface area (Å²) in [6.07, 6.45) is 0.844. The van der Waals surface area contributed by atoms with Crippen molar-refractivity contribution < 1.29 is 0 Å². The number of aromatic nitrogens is 1. The van der Waals surface area contributed by atoms with E-state index >= 15 is 0 Å². The molecule has 0 bridgehead atoms. The minimum absolute atomic E-state index is 0.163. The maximum atomic E-state index is 5.93. The SMILES string of the molecule is CN(C)Cc1nc(CC(C)(C)N)cs1. The van der Waals surface area contributed by atoms with Gasteiger partial charge in [-0.15, -0.1) is 11.3 Å². The zero-order valence-electron chi connectivity index (χ0n) is 9.37. The maximum absolute atomic E-state index is 5.93. The van der Waals surface area contributed by atoms with Crippen molar-refractivity contribution in [2.24, 2.45) is 5.73 Å². The van der Waals surface area contributed by atoms with Gasteiger partial charge in [-0.05, 0) is 27.9 Å². The lowest BCUT2D eigenvalue weighted by Crippen LogP contribution is -2.34. The Hall–Kier alpha value is -0.450. The molecule has 1 aromatic rings. The third kappa shape index (κ3) is 4.17. The number of thiazole rings is 1. The van der Waals surface area contributed by atoms with Crippen molar-refractivity contribution in [3.63, 3.8) is 0 Å². The Bertz CT molecular complexity index is 286. The number of hydrogen-bond acceptors (Lipinski definition) is 4. The zero-order chi connectivity index (χ0) is 10.8. The fourth-order valence-corrected chi connectivity index (χ4v) is 2.15. The van der Waals surface area contributed by atoms with Crippen LogP contribution in [-0.4, -0.2) is 29.5 Å². The molecule has 80 valence electrons. The lowest BCUT2D eigenvalue weighted by Gasteiger charge is -2.16. The van der Waals surface area contributed by atoms with E-state index in [0.29, 0.717) is 0 Å². The molecule has 0 unspecified atom stereocenters. The van der Waals surface area contributed by atoms with Crippen molar-refractivity contribution in [3.05, 3.63) is 16.1 Å². The summed E-state index contributed by atoms with van der Waals surface area (Å²) >= 11 is 1.71. The van der Waals surface area contributed by atoms with E-state index in [-0.39, 0.29) is 5.54 Å². The lowest BCUT2D eigenvalue weighted by atomic mass is 10.0. The number of hydrogen-bond donors (Lipinski definition) is 1. The van der Waals surface area contributed by atoms with Crippen LogP contribution in [0.2, 0.25) is 0 Å². The first-order valence-electron chi connectivity index (χ1n) is 4.74. The lowest BCUT2D eigenvalue weighted by molar-refractivity contribution is 0.400. The Morgan fingerprint density at radius 1 is 1.50 bits per heavy atom. The van der Waals surface area contributed by atoms with E-state index in [1.165, 1.54) is 0 Å². The monoisotopic (exact) mass is 213 g/mol. The Labute approximate surface area is 89.9 Å². The molecule has 1 aromatic heterocycles. The van der Waals surface area contributed by atoms with Crippen molar-refractivity contribution >= 4 is 11.3 Å². The van der Waals surface area contributed by atoms with Gasteiger partial charge in [0, 0.05) is 23.9 Å². The van der Waals surface area contributed by atoms with Crippen LogP contribution in [0.5, 0.6) is 0 Å². The topological polar surface area (TPSA) is 42.2 Å². The van der Waals surface area contributed by atoms with Crippen molar-refractivity contribution in [1.82, 2.24) is 9.88 Å². The first-order valence-corrected chi connectivity index (χ1v) is 5.62. The molecule has 0 saturated carbocycles. The molecule has 1 heterocycles. The Kier molecular flexibility index (Phi) is 3.64. The highest BCUT2D eigenvalue weighted by Gasteiger charge is 2.14. The predicted molar refractivity (Wildman–Crippen MR) is 61.5 cm³/mol. The number of nitrogens with two attached hydrogens (primary N) is 1. The summed E-state index contributed by atoms with van der Waals surface area (Å²) in [6.45, 7) is 4.96. The summed E-state index contributed by atoms with van der Waals surface area (Å²) in [5.41, 5.74) is 6.88. The Balaban J connectivity index is 2.60. The normalized spacial score (nSPS) is 12.4. The molecule has 0 amide bonds. The predicted octanol–water partition coefficient (Wildman–Crippen LogP) is 1.48. The van der Waals surface area contributed by atoms with Crippen LogP contribution in [0.25, 0.3) is 0 Å². The quantitative estimate of drug-likeness (QED) is 0.824. The molecular weight excluding hydrogens is 194 g/mol. The fraction of sp³-hybridized carbons (Fsp3) is 0.700. The summed E-state index contributed by atoms with van der Waals surface area (Å²) < 4.78 is 0. The van der Waals surface area contributed by atoms with Crippen molar-refractivity contribution in [2.45, 2.75) is 32.4 Å². The fourth-order valence-electron chi connectivity index (χ4n) is 1.24. The van der Waals surface area contributed by atoms with Gasteiger partial charge in [0.15, 0.2) is 0 Å². The van der Waals surface area contributed by atoms with Gasteiger partial charge >= 0.3 is 0 Å². The number of nitrogens with zero attached hydrogens (tertiary/aromatic N) is 2. The summed E-state index contributed by atoms with van der Waals surface area (Å²) in [5.74, 6) is 0. The van der Waals surface area contributed by atoms with Crippen molar-refractivity contribution in [3.8, 4) is 0 Å². The first-order chi connectivity index (χ1) is 6.37. The van der Waals surface area contributed by atoms with E-state index in [9.17, 15) is 0 Å². The molecule has 0 fully saturated rings. The highest BCUT2D eigenvalue weighted by Crippen LogP contribution is 2.15. The molecule has 4 heteroatoms. The van der Waals surface area contributed by atoms with Crippen LogP contribution in [0.1, 0.15) is 24.5 Å². The molecule has 0 aromatic carbocycles. The Morgan fingerprint density at radius 3 is 2.64 bits per heavy atom. The van der Waals surface area contributed by atoms with Crippen molar-refractivity contribution in [1.29, 1.82) is 0 Å². The van der Waals surface area contributed by atoms with Crippen LogP contribution in [0.15, 0.2) is 5.38 Å². The molecule has 0 atom stereocenters. The zero-order valence-corrected chi connectivity index (χ0v) is 10.2. The maximum Gasteiger partial charge on any atom is 0.107 e. The molecule has 0 aliphatic carbocycles. The highest BCUT2D eigenvalue weighted by molar-refractivity contribution is 7.09. The second-order valence-corrected chi connectivity index (χ2v) is 5.58. The highest BCUT2D eigenvalue weighted by atomic mass is 32.1. The van der Waals surface area contributed by atoms with Gasteiger partial charge in [-0.3, -0.25) is 0 Å². The molecule has 2 N–H and O–H groups in total. The van der Waals surface area contributed by atoms with Crippen molar-refractivity contribution in [2.75, 3.05) is 14.1 Å². The second kappa shape index (κ2) is 4.38. The van der Waals surface area contributed by atoms with Gasteiger partial charge in [0.1, 0.15) is 5.01 Å². The van der Waals surface area contributed by atoms with Crippen LogP contribution in [0, 0.1) is 0 Å². The second-order valence-electron chi connectivity index (χ2n) is 4.64. The van der Waals surface area contributed by atoms with Crippen LogP contribution in [-0.2, 0) is 13.0 Å². The summed E-state index contributed by atoms with van der Waals surface area (Å²) in [7, 11) is 4.10. The van der Waals surface area contributed by atoms with E-state index in [4.69, 9.17) is 5.73 Å². The molecule has 0 radical (unpaired) electrons. The van der Waals surface area contributed by atoms with E-state index in [2.05, 4.69) is 15.3 Å². The van der Waals surface area contributed by atoms with Gasteiger partial charge in [0.05, 0.1) is 5.69 Å². The van der Waals surface area contributed by atoms with Crippen LogP contribution in [0.4, 0.5) is 0 Å². The van der Waals surface area contributed by atoms with Crippen LogP contribution < -0.4 is 5.73 Å². The first kappa shape index (κ1) is 11.6. The molecule has 0 spiro atoms. The minimum atomic E-state index is -0.163. The minimum Gasteiger partial charge on any atom is -0.325 e. The van der Waals surface area contributed by atoms with Gasteiger partial charge < -0.3 is 10.6 Å². The third-order valence-corrected chi connectivity index (χ3v) is 2.57. The van der Waals surface area contributed by atoms with E-state index in [0.717, 1.165) is 23.7 Å². The summed E-state index contributed by atoms with van der Waals surface area (Å²) in [6, 6.07) is 0. The molecule has 0 saturated heterocycles. The van der Waals surface area contributed by atoms with Gasteiger partial charge in [-0.2, -0.15) is 0 Å². The van der Waals surface area contributed by atoms with E-state index < -0.39 is 0 Å². The summed E-state index contributed by atoms with van der Waals surface area (Å²) in [4.78, 5) is 6.65. The van der Waals surface area contributed by atoms with Crippen LogP contribution in [0.3, 0.4) is 0 Å². The van der Waals surface area contributed by atoms with Gasteiger partial charge in [-0.25, -0.2) is 4.98 Å². The van der Waals surface area contributed by atoms with Crippen LogP contribution >= 0.6 is 11.3 Å². The standard InChI is InChI=1S/C10H19N3S/c1-10(2,11)5-8-7-14-9(12-8)6-13(3)4/h7H,5-6,11H2,1-4H3. The molecule has 1 rings (SSSR count). The largest absolute Gasteiger partial charge is 0.325 e. The summed E-state index contributed by atoms with van der Waals surface area (Å²) in [5, 5.41) is 3.27. The average Bonchev–Trinajstić information content (AvgIpc) is 2.30. The Morgan fingerprint density at radius 2 is 2.14 bits per heavy atom. The molecule has 0 aliphatic rings. The molecule has 0 aliphatic heterocycles. The average molecular weight is 213 g/mol. The molecule has 3 nitrogen and oxygen atoms in total. The molecule has 14 heavy (non-hydrogen) atoms. The van der Waals surface area contributed by atoms with Gasteiger partial charge in [0.25, 0.3) is 0 Å². The smallest absolute Gasteiger partial charge is 0.107 e. The molecular formula is C10H19N3S. The van der Waals surface area contributed by atoms with Gasteiger partial charge in [-0.1, -0.05) is 0 Å². The number of rotatable bonds is 4. The van der Waals surface area contributed by atoms with E-state index in [1.807, 2.05) is 27.9 Å².